The van der Waals surface area contributed by atoms with Crippen LogP contribution >= 0.6 is 0 Å². The minimum atomic E-state index is -1.76. The van der Waals surface area contributed by atoms with E-state index < -0.39 is 91.1 Å². The highest BCUT2D eigenvalue weighted by atomic mass is 16.7. The fraction of sp³-hybridized carbons (Fsp3) is 0.500. The van der Waals surface area contributed by atoms with Crippen molar-refractivity contribution in [3.63, 3.8) is 0 Å². The van der Waals surface area contributed by atoms with Gasteiger partial charge in [-0.1, -0.05) is 0 Å². The minimum Gasteiger partial charge on any atom is -0.507 e. The van der Waals surface area contributed by atoms with Gasteiger partial charge in [-0.3, -0.25) is 4.79 Å². The molecule has 0 radical (unpaired) electrons. The number of phenols is 3. The molecule has 0 spiro atoms. The number of benzene rings is 2. The summed E-state index contributed by atoms with van der Waals surface area (Å²) in [4.78, 5) is 13.1. The number of fused-ring (bicyclic) bond motifs is 1. The van der Waals surface area contributed by atoms with Crippen molar-refractivity contribution < 1.29 is 79.5 Å². The number of phenolic OH excluding ortho intramolecular Hbond substituents is 3. The second-order valence-electron chi connectivity index (χ2n) is 10.1. The molecule has 0 unspecified atom stereocenters. The van der Waals surface area contributed by atoms with Gasteiger partial charge in [-0.25, -0.2) is 0 Å². The highest BCUT2D eigenvalue weighted by Crippen LogP contribution is 2.46. The predicted octanol–water partition coefficient (Wildman–Crippen LogP) is -2.49. The van der Waals surface area contributed by atoms with E-state index in [1.165, 1.54) is 6.07 Å². The number of aliphatic hydroxyl groups excluding tert-OH is 7. The molecule has 0 aliphatic carbocycles. The van der Waals surface area contributed by atoms with Crippen molar-refractivity contribution in [2.75, 3.05) is 13.2 Å². The molecule has 0 amide bonds. The van der Waals surface area contributed by atoms with Crippen LogP contribution in [0.25, 0.3) is 0 Å². The van der Waals surface area contributed by atoms with E-state index >= 15 is 0 Å². The lowest BCUT2D eigenvalue weighted by Crippen LogP contribution is -2.60. The van der Waals surface area contributed by atoms with Gasteiger partial charge in [0.2, 0.25) is 12.6 Å². The van der Waals surface area contributed by atoms with Crippen molar-refractivity contribution >= 4 is 5.78 Å². The van der Waals surface area contributed by atoms with Crippen LogP contribution in [-0.2, 0) is 9.47 Å². The first-order chi connectivity index (χ1) is 19.9. The second-order valence-corrected chi connectivity index (χ2v) is 10.1. The number of Topliss-reactive ketones (excluding diaryl/α,β-unsaturated/α-hetero) is 1. The van der Waals surface area contributed by atoms with Crippen LogP contribution < -0.4 is 14.2 Å². The Hall–Kier alpha value is -3.45. The van der Waals surface area contributed by atoms with Crippen LogP contribution in [0.4, 0.5) is 0 Å². The van der Waals surface area contributed by atoms with Crippen molar-refractivity contribution in [3.8, 4) is 34.5 Å². The molecule has 42 heavy (non-hydrogen) atoms. The third-order valence-corrected chi connectivity index (χ3v) is 7.23. The van der Waals surface area contributed by atoms with Crippen LogP contribution in [0, 0.1) is 0 Å². The zero-order valence-electron chi connectivity index (χ0n) is 21.6. The topological polar surface area (TPSA) is 266 Å². The summed E-state index contributed by atoms with van der Waals surface area (Å²) in [7, 11) is 0. The predicted molar refractivity (Wildman–Crippen MR) is 133 cm³/mol. The first-order valence-corrected chi connectivity index (χ1v) is 12.8. The molecule has 2 saturated heterocycles. The number of ketones is 1. The fourth-order valence-electron chi connectivity index (χ4n) is 4.89. The number of hydrogen-bond donors (Lipinski definition) is 10. The highest BCUT2D eigenvalue weighted by molar-refractivity contribution is 6.02. The molecule has 0 bridgehead atoms. The number of carbonyl (C=O) groups excluding carboxylic acids is 1. The lowest BCUT2D eigenvalue weighted by Gasteiger charge is -2.39. The maximum Gasteiger partial charge on any atom is 0.229 e. The van der Waals surface area contributed by atoms with Gasteiger partial charge < -0.3 is 74.7 Å². The number of rotatable bonds is 6. The molecule has 10 atom stereocenters. The number of ether oxygens (including phenoxy) is 5. The summed E-state index contributed by atoms with van der Waals surface area (Å²) in [6.07, 6.45) is -15.8. The average Bonchev–Trinajstić information content (AvgIpc) is 2.94. The Morgan fingerprint density at radius 1 is 0.786 bits per heavy atom. The van der Waals surface area contributed by atoms with Gasteiger partial charge in [0.05, 0.1) is 19.6 Å². The largest absolute Gasteiger partial charge is 0.507 e. The number of hydrogen-bond acceptors (Lipinski definition) is 16. The van der Waals surface area contributed by atoms with Gasteiger partial charge in [-0.05, 0) is 6.07 Å². The summed E-state index contributed by atoms with van der Waals surface area (Å²) in [5.41, 5.74) is -0.221. The van der Waals surface area contributed by atoms with Crippen molar-refractivity contribution in [1.82, 2.24) is 0 Å². The lowest BCUT2D eigenvalue weighted by molar-refractivity contribution is -0.277. The number of carbonyl (C=O) groups is 1. The second kappa shape index (κ2) is 11.7. The molecule has 16 nitrogen and oxygen atoms in total. The van der Waals surface area contributed by atoms with Gasteiger partial charge in [-0.15, -0.1) is 0 Å². The molecule has 230 valence electrons. The first-order valence-electron chi connectivity index (χ1n) is 12.8. The normalized spacial score (nSPS) is 34.8. The van der Waals surface area contributed by atoms with E-state index in [2.05, 4.69) is 0 Å². The Labute approximate surface area is 236 Å². The fourth-order valence-corrected chi connectivity index (χ4v) is 4.89. The van der Waals surface area contributed by atoms with Crippen LogP contribution in [0.5, 0.6) is 34.5 Å². The van der Waals surface area contributed by atoms with Crippen LogP contribution in [-0.4, -0.2) is 125 Å². The molecule has 2 aromatic carbocycles. The Kier molecular flexibility index (Phi) is 8.35. The van der Waals surface area contributed by atoms with Gasteiger partial charge in [-0.2, -0.15) is 0 Å². The Balaban J connectivity index is 1.43. The van der Waals surface area contributed by atoms with Crippen molar-refractivity contribution in [2.45, 2.75) is 67.8 Å². The molecule has 3 heterocycles. The molecule has 0 aromatic heterocycles. The van der Waals surface area contributed by atoms with Crippen molar-refractivity contribution in [1.29, 1.82) is 0 Å². The zero-order chi connectivity index (χ0) is 30.5. The molecule has 16 heteroatoms. The van der Waals surface area contributed by atoms with Crippen molar-refractivity contribution in [2.24, 2.45) is 0 Å². The van der Waals surface area contributed by atoms with Crippen LogP contribution in [0.3, 0.4) is 0 Å². The van der Waals surface area contributed by atoms with E-state index in [4.69, 9.17) is 23.7 Å². The third-order valence-electron chi connectivity index (χ3n) is 7.23. The maximum absolute atomic E-state index is 13.1. The Morgan fingerprint density at radius 3 is 2.19 bits per heavy atom. The summed E-state index contributed by atoms with van der Waals surface area (Å²) in [5, 5.41) is 100. The lowest BCUT2D eigenvalue weighted by atomic mass is 9.94. The molecule has 5 rings (SSSR count). The summed E-state index contributed by atoms with van der Waals surface area (Å²) < 4.78 is 27.7. The highest BCUT2D eigenvalue weighted by Gasteiger charge is 2.45. The molecular weight excluding hydrogens is 568 g/mol. The first kappa shape index (κ1) is 30.0. The van der Waals surface area contributed by atoms with E-state index in [9.17, 15) is 55.9 Å². The minimum absolute atomic E-state index is 0.000423. The van der Waals surface area contributed by atoms with E-state index in [1.54, 1.807) is 0 Å². The van der Waals surface area contributed by atoms with Crippen LogP contribution in [0.1, 0.15) is 28.4 Å². The van der Waals surface area contributed by atoms with E-state index in [0.717, 1.165) is 18.2 Å². The van der Waals surface area contributed by atoms with Gasteiger partial charge >= 0.3 is 0 Å². The van der Waals surface area contributed by atoms with Crippen LogP contribution in [0.2, 0.25) is 0 Å². The molecule has 10 N–H and O–H groups in total. The van der Waals surface area contributed by atoms with Gasteiger partial charge in [0.25, 0.3) is 0 Å². The van der Waals surface area contributed by atoms with E-state index in [1.807, 2.05) is 0 Å². The third kappa shape index (κ3) is 5.51. The van der Waals surface area contributed by atoms with Crippen molar-refractivity contribution in [3.05, 3.63) is 35.4 Å². The quantitative estimate of drug-likeness (QED) is 0.154. The summed E-state index contributed by atoms with van der Waals surface area (Å²) >= 11 is 0. The summed E-state index contributed by atoms with van der Waals surface area (Å²) in [6, 6.07) is 4.22. The molecular formula is C26H30O16. The van der Waals surface area contributed by atoms with E-state index in [-0.39, 0.29) is 41.4 Å². The van der Waals surface area contributed by atoms with Gasteiger partial charge in [0, 0.05) is 23.8 Å². The monoisotopic (exact) mass is 598 g/mol. The number of aliphatic hydroxyl groups is 7. The molecule has 0 saturated carbocycles. The van der Waals surface area contributed by atoms with Crippen LogP contribution in [0.15, 0.2) is 24.3 Å². The summed E-state index contributed by atoms with van der Waals surface area (Å²) in [6.45, 7) is -1.09. The average molecular weight is 599 g/mol. The summed E-state index contributed by atoms with van der Waals surface area (Å²) in [5.74, 6) is -3.02. The van der Waals surface area contributed by atoms with Gasteiger partial charge in [0.15, 0.2) is 17.3 Å². The Bertz CT molecular complexity index is 1320. The molecule has 3 aliphatic rings. The molecule has 2 fully saturated rings. The van der Waals surface area contributed by atoms with Gasteiger partial charge in [0.1, 0.15) is 77.4 Å². The Morgan fingerprint density at radius 2 is 1.48 bits per heavy atom. The molecule has 2 aromatic rings. The standard InChI is InChI=1S/C26H30O16/c27-6-18-21(34)22(35)24(37)26(42-18)39-8-1-12(30)19-13(31)5-15(40-17(19)2-8)9-3-10(28)11(29)4-16(9)41-25-23(36)20(33)14(32)7-38-25/h1-4,14-15,18,20-30,32-37H,5-7H2/t14-,15-,18-,20+,21-,22+,23-,24-,25+,26-/m1/s1. The smallest absolute Gasteiger partial charge is 0.229 e. The van der Waals surface area contributed by atoms with E-state index in [0.29, 0.717) is 0 Å². The molecule has 3 aliphatic heterocycles. The maximum atomic E-state index is 13.1. The SMILES string of the molecule is O=C1C[C@H](c2cc(O)c(O)cc2O[C@@H]2OC[C@@H](O)[C@H](O)[C@H]2O)Oc2cc(O[C@@H]3O[C@H](CO)[C@@H](O)[C@H](O)[C@H]3O)cc(O)c21. The zero-order valence-corrected chi connectivity index (χ0v) is 21.6. The number of aromatic hydroxyl groups is 3.